The lowest BCUT2D eigenvalue weighted by Crippen LogP contribution is -2.34. The number of methoxy groups -OCH3 is 6. The maximum absolute atomic E-state index is 13.1. The standard InChI is InChI=1S/C34H36N2O10/c1-41-27-13-9-7-11-21(27)29-23(31(37)43-3)17-35(18-24(29)32(38)44-4)15-16-36-19-25(33(39)45-5)30(26(20-36)34(40)46-6)22-12-8-10-14-28(22)42-2/h7-14,17-20,29-30H,15-16H2,1-6H3. The van der Waals surface area contributed by atoms with Crippen molar-refractivity contribution in [2.24, 2.45) is 0 Å². The van der Waals surface area contributed by atoms with Crippen molar-refractivity contribution >= 4 is 23.9 Å². The van der Waals surface area contributed by atoms with Gasteiger partial charge in [-0.2, -0.15) is 0 Å². The van der Waals surface area contributed by atoms with Gasteiger partial charge in [-0.3, -0.25) is 0 Å². The van der Waals surface area contributed by atoms with Crippen LogP contribution in [0.2, 0.25) is 0 Å². The van der Waals surface area contributed by atoms with Gasteiger partial charge in [0.15, 0.2) is 0 Å². The molecule has 0 fully saturated rings. The van der Waals surface area contributed by atoms with E-state index in [0.717, 1.165) is 0 Å². The monoisotopic (exact) mass is 632 g/mol. The van der Waals surface area contributed by atoms with E-state index in [-0.39, 0.29) is 35.4 Å². The fourth-order valence-corrected chi connectivity index (χ4v) is 5.55. The average molecular weight is 633 g/mol. The minimum atomic E-state index is -0.833. The summed E-state index contributed by atoms with van der Waals surface area (Å²) in [4.78, 5) is 55.7. The fraction of sp³-hybridized carbons (Fsp3) is 0.294. The van der Waals surface area contributed by atoms with Gasteiger partial charge in [0.05, 0.1) is 76.8 Å². The summed E-state index contributed by atoms with van der Waals surface area (Å²) in [5.41, 5.74) is 1.88. The molecule has 0 spiro atoms. The molecule has 2 aromatic carbocycles. The zero-order valence-corrected chi connectivity index (χ0v) is 26.5. The van der Waals surface area contributed by atoms with Crippen LogP contribution in [0, 0.1) is 0 Å². The molecule has 2 aliphatic heterocycles. The van der Waals surface area contributed by atoms with Gasteiger partial charge in [-0.25, -0.2) is 19.2 Å². The SMILES string of the molecule is COC(=O)C1=CN(CCN2C=C(C(=O)OC)C(c3ccccc3OC)C(C(=O)OC)=C2)C=C(C(=O)OC)C1c1ccccc1OC. The van der Waals surface area contributed by atoms with Crippen LogP contribution in [0.25, 0.3) is 0 Å². The van der Waals surface area contributed by atoms with E-state index in [4.69, 9.17) is 28.4 Å². The highest BCUT2D eigenvalue weighted by atomic mass is 16.5. The largest absolute Gasteiger partial charge is 0.496 e. The highest BCUT2D eigenvalue weighted by molar-refractivity contribution is 5.99. The molecule has 0 bridgehead atoms. The molecule has 0 radical (unpaired) electrons. The number of rotatable bonds is 11. The van der Waals surface area contributed by atoms with Crippen LogP contribution in [0.5, 0.6) is 11.5 Å². The van der Waals surface area contributed by atoms with Gasteiger partial charge in [-0.1, -0.05) is 36.4 Å². The molecule has 0 aliphatic carbocycles. The molecule has 0 saturated heterocycles. The zero-order valence-electron chi connectivity index (χ0n) is 26.5. The Morgan fingerprint density at radius 3 is 1.04 bits per heavy atom. The third-order valence-corrected chi connectivity index (χ3v) is 7.66. The summed E-state index contributed by atoms with van der Waals surface area (Å²) < 4.78 is 31.5. The lowest BCUT2D eigenvalue weighted by Gasteiger charge is -2.33. The maximum atomic E-state index is 13.1. The van der Waals surface area contributed by atoms with Crippen molar-refractivity contribution in [3.8, 4) is 11.5 Å². The van der Waals surface area contributed by atoms with Crippen molar-refractivity contribution in [3.63, 3.8) is 0 Å². The van der Waals surface area contributed by atoms with Gasteiger partial charge in [0.25, 0.3) is 0 Å². The Labute approximate surface area is 267 Å². The number of ether oxygens (including phenoxy) is 6. The highest BCUT2D eigenvalue weighted by Crippen LogP contribution is 2.42. The summed E-state index contributed by atoms with van der Waals surface area (Å²) in [6.07, 6.45) is 6.36. The van der Waals surface area contributed by atoms with E-state index in [1.807, 2.05) is 0 Å². The molecule has 0 unspecified atom stereocenters. The van der Waals surface area contributed by atoms with Crippen molar-refractivity contribution in [2.75, 3.05) is 55.7 Å². The number of esters is 4. The van der Waals surface area contributed by atoms with Crippen molar-refractivity contribution in [2.45, 2.75) is 11.8 Å². The van der Waals surface area contributed by atoms with Crippen LogP contribution < -0.4 is 9.47 Å². The van der Waals surface area contributed by atoms with E-state index in [1.54, 1.807) is 83.1 Å². The molecule has 242 valence electrons. The Kier molecular flexibility index (Phi) is 10.9. The summed E-state index contributed by atoms with van der Waals surface area (Å²) >= 11 is 0. The zero-order chi connectivity index (χ0) is 33.4. The van der Waals surface area contributed by atoms with Crippen molar-refractivity contribution in [3.05, 3.63) is 107 Å². The van der Waals surface area contributed by atoms with Gasteiger partial charge in [0.2, 0.25) is 0 Å². The van der Waals surface area contributed by atoms with Gasteiger partial charge in [-0.15, -0.1) is 0 Å². The molecule has 46 heavy (non-hydrogen) atoms. The molecule has 0 atom stereocenters. The van der Waals surface area contributed by atoms with Gasteiger partial charge in [0, 0.05) is 49.0 Å². The highest BCUT2D eigenvalue weighted by Gasteiger charge is 2.38. The minimum absolute atomic E-state index is 0.182. The summed E-state index contributed by atoms with van der Waals surface area (Å²) in [6, 6.07) is 14.1. The molecular weight excluding hydrogens is 596 g/mol. The van der Waals surface area contributed by atoms with Crippen LogP contribution in [0.1, 0.15) is 23.0 Å². The normalized spacial score (nSPS) is 15.1. The maximum Gasteiger partial charge on any atom is 0.336 e. The van der Waals surface area contributed by atoms with Gasteiger partial charge in [0.1, 0.15) is 11.5 Å². The molecule has 2 aliphatic rings. The second-order valence-corrected chi connectivity index (χ2v) is 10.1. The quantitative estimate of drug-likeness (QED) is 0.266. The molecule has 2 heterocycles. The molecule has 12 heteroatoms. The number of carbonyl (C=O) groups is 4. The van der Waals surface area contributed by atoms with Crippen LogP contribution in [-0.2, 0) is 38.1 Å². The first-order valence-corrected chi connectivity index (χ1v) is 14.2. The van der Waals surface area contributed by atoms with Gasteiger partial charge in [-0.05, 0) is 12.1 Å². The van der Waals surface area contributed by atoms with Crippen LogP contribution >= 0.6 is 0 Å². The third kappa shape index (κ3) is 6.75. The molecule has 2 aromatic rings. The Balaban J connectivity index is 1.75. The first-order chi connectivity index (χ1) is 22.2. The number of nitrogens with zero attached hydrogens (tertiary/aromatic N) is 2. The van der Waals surface area contributed by atoms with Crippen LogP contribution in [0.3, 0.4) is 0 Å². The van der Waals surface area contributed by atoms with Crippen LogP contribution in [0.4, 0.5) is 0 Å². The summed E-state index contributed by atoms with van der Waals surface area (Å²) in [5.74, 6) is -3.29. The summed E-state index contributed by atoms with van der Waals surface area (Å²) in [7, 11) is 8.03. The molecule has 12 nitrogen and oxygen atoms in total. The van der Waals surface area contributed by atoms with Crippen LogP contribution in [0.15, 0.2) is 95.6 Å². The van der Waals surface area contributed by atoms with Gasteiger partial charge >= 0.3 is 23.9 Å². The Morgan fingerprint density at radius 1 is 0.500 bits per heavy atom. The van der Waals surface area contributed by atoms with E-state index in [9.17, 15) is 19.2 Å². The van der Waals surface area contributed by atoms with Crippen LogP contribution in [-0.4, -0.2) is 89.4 Å². The fourth-order valence-electron chi connectivity index (χ4n) is 5.55. The lowest BCUT2D eigenvalue weighted by atomic mass is 9.82. The Hall–Kier alpha value is -5.52. The van der Waals surface area contributed by atoms with E-state index in [2.05, 4.69) is 0 Å². The lowest BCUT2D eigenvalue weighted by molar-refractivity contribution is -0.139. The molecule has 0 aromatic heterocycles. The molecule has 4 rings (SSSR count). The molecule has 0 N–H and O–H groups in total. The topological polar surface area (TPSA) is 130 Å². The van der Waals surface area contributed by atoms with Crippen molar-refractivity contribution in [1.82, 2.24) is 9.80 Å². The summed E-state index contributed by atoms with van der Waals surface area (Å²) in [6.45, 7) is 0.406. The predicted octanol–water partition coefficient (Wildman–Crippen LogP) is 3.43. The van der Waals surface area contributed by atoms with E-state index in [1.165, 1.54) is 42.7 Å². The van der Waals surface area contributed by atoms with Crippen molar-refractivity contribution < 1.29 is 47.6 Å². The average Bonchev–Trinajstić information content (AvgIpc) is 3.11. The smallest absolute Gasteiger partial charge is 0.336 e. The van der Waals surface area contributed by atoms with Gasteiger partial charge < -0.3 is 38.2 Å². The third-order valence-electron chi connectivity index (χ3n) is 7.66. The van der Waals surface area contributed by atoms with E-state index >= 15 is 0 Å². The van der Waals surface area contributed by atoms with E-state index < -0.39 is 35.7 Å². The number of hydrogen-bond donors (Lipinski definition) is 0. The molecule has 0 saturated carbocycles. The predicted molar refractivity (Wildman–Crippen MR) is 165 cm³/mol. The second kappa shape index (κ2) is 15.0. The Morgan fingerprint density at radius 2 is 0.783 bits per heavy atom. The number of benzene rings is 2. The number of para-hydroxylation sites is 2. The minimum Gasteiger partial charge on any atom is -0.496 e. The van der Waals surface area contributed by atoms with E-state index in [0.29, 0.717) is 22.6 Å². The Bertz CT molecular complexity index is 1440. The number of hydrogen-bond acceptors (Lipinski definition) is 12. The molecular formula is C34H36N2O10. The first-order valence-electron chi connectivity index (χ1n) is 14.2. The second-order valence-electron chi connectivity index (χ2n) is 10.1. The summed E-state index contributed by atoms with van der Waals surface area (Å²) in [5, 5.41) is 0. The molecule has 0 amide bonds. The number of carbonyl (C=O) groups excluding carboxylic acids is 4. The van der Waals surface area contributed by atoms with Crippen molar-refractivity contribution in [1.29, 1.82) is 0 Å². The first kappa shape index (κ1) is 33.4.